The molecule has 20 heavy (non-hydrogen) atoms. The summed E-state index contributed by atoms with van der Waals surface area (Å²) >= 11 is 0. The number of halogens is 2. The summed E-state index contributed by atoms with van der Waals surface area (Å²) in [4.78, 5) is 11.9. The van der Waals surface area contributed by atoms with Gasteiger partial charge in [0, 0.05) is 23.0 Å². The van der Waals surface area contributed by atoms with Crippen molar-refractivity contribution in [2.24, 2.45) is 0 Å². The Morgan fingerprint density at radius 1 is 1.20 bits per heavy atom. The zero-order valence-electron chi connectivity index (χ0n) is 10.6. The molecule has 0 aromatic heterocycles. The van der Waals surface area contributed by atoms with Crippen LogP contribution < -0.4 is 15.8 Å². The van der Waals surface area contributed by atoms with E-state index < -0.39 is 17.5 Å². The molecular formula is C14H12F2N2O2. The van der Waals surface area contributed by atoms with Gasteiger partial charge in [-0.1, -0.05) is 0 Å². The van der Waals surface area contributed by atoms with Crippen LogP contribution in [0.3, 0.4) is 0 Å². The van der Waals surface area contributed by atoms with Gasteiger partial charge < -0.3 is 15.8 Å². The van der Waals surface area contributed by atoms with Crippen molar-refractivity contribution in [3.63, 3.8) is 0 Å². The largest absolute Gasteiger partial charge is 0.494 e. The molecule has 0 fully saturated rings. The SMILES string of the molecule is COc1ccc(NC(=O)c2cc(N)cc(F)c2)cc1F. The minimum Gasteiger partial charge on any atom is -0.494 e. The van der Waals surface area contributed by atoms with Crippen molar-refractivity contribution in [1.82, 2.24) is 0 Å². The smallest absolute Gasteiger partial charge is 0.255 e. The highest BCUT2D eigenvalue weighted by Crippen LogP contribution is 2.21. The molecule has 0 bridgehead atoms. The van der Waals surface area contributed by atoms with Gasteiger partial charge in [0.15, 0.2) is 11.6 Å². The molecule has 1 amide bonds. The van der Waals surface area contributed by atoms with E-state index in [1.807, 2.05) is 0 Å². The van der Waals surface area contributed by atoms with Gasteiger partial charge in [-0.3, -0.25) is 4.79 Å². The molecule has 0 saturated heterocycles. The van der Waals surface area contributed by atoms with E-state index in [1.54, 1.807) is 0 Å². The van der Waals surface area contributed by atoms with Crippen molar-refractivity contribution >= 4 is 17.3 Å². The molecule has 0 aliphatic heterocycles. The first-order valence-electron chi connectivity index (χ1n) is 5.70. The van der Waals surface area contributed by atoms with Gasteiger partial charge in [0.2, 0.25) is 0 Å². The number of nitrogens with one attached hydrogen (secondary N) is 1. The van der Waals surface area contributed by atoms with Gasteiger partial charge in [-0.2, -0.15) is 0 Å². The number of nitrogen functional groups attached to an aromatic ring is 1. The number of nitrogens with two attached hydrogens (primary N) is 1. The van der Waals surface area contributed by atoms with Crippen molar-refractivity contribution in [2.75, 3.05) is 18.2 Å². The summed E-state index contributed by atoms with van der Waals surface area (Å²) < 4.78 is 31.4. The van der Waals surface area contributed by atoms with Gasteiger partial charge in [-0.05, 0) is 30.3 Å². The third kappa shape index (κ3) is 3.03. The van der Waals surface area contributed by atoms with E-state index in [0.717, 1.165) is 18.2 Å². The molecular weight excluding hydrogens is 266 g/mol. The van der Waals surface area contributed by atoms with Crippen LogP contribution >= 0.6 is 0 Å². The lowest BCUT2D eigenvalue weighted by atomic mass is 10.1. The van der Waals surface area contributed by atoms with Gasteiger partial charge in [0.1, 0.15) is 5.82 Å². The lowest BCUT2D eigenvalue weighted by molar-refractivity contribution is 0.102. The van der Waals surface area contributed by atoms with Crippen LogP contribution in [0.25, 0.3) is 0 Å². The van der Waals surface area contributed by atoms with Crippen LogP contribution in [-0.4, -0.2) is 13.0 Å². The molecule has 3 N–H and O–H groups in total. The van der Waals surface area contributed by atoms with Crippen LogP contribution in [0.2, 0.25) is 0 Å². The molecule has 0 spiro atoms. The van der Waals surface area contributed by atoms with Crippen LogP contribution in [0.4, 0.5) is 20.2 Å². The third-order valence-corrected chi connectivity index (χ3v) is 2.59. The van der Waals surface area contributed by atoms with Crippen LogP contribution in [0, 0.1) is 11.6 Å². The molecule has 4 nitrogen and oxygen atoms in total. The number of amides is 1. The highest BCUT2D eigenvalue weighted by atomic mass is 19.1. The fourth-order valence-electron chi connectivity index (χ4n) is 1.69. The number of anilines is 2. The highest BCUT2D eigenvalue weighted by molar-refractivity contribution is 6.04. The molecule has 2 rings (SSSR count). The Balaban J connectivity index is 2.21. The summed E-state index contributed by atoms with van der Waals surface area (Å²) in [5.41, 5.74) is 5.88. The van der Waals surface area contributed by atoms with E-state index in [4.69, 9.17) is 10.5 Å². The Hall–Kier alpha value is -2.63. The van der Waals surface area contributed by atoms with Gasteiger partial charge in [0.25, 0.3) is 5.91 Å². The lowest BCUT2D eigenvalue weighted by Crippen LogP contribution is -2.12. The number of hydrogen-bond donors (Lipinski definition) is 2. The number of carbonyl (C=O) groups excluding carboxylic acids is 1. The number of hydrogen-bond acceptors (Lipinski definition) is 3. The maximum atomic E-state index is 13.5. The Morgan fingerprint density at radius 3 is 2.55 bits per heavy atom. The molecule has 6 heteroatoms. The van der Waals surface area contributed by atoms with Gasteiger partial charge in [-0.15, -0.1) is 0 Å². The van der Waals surface area contributed by atoms with Gasteiger partial charge >= 0.3 is 0 Å². The zero-order chi connectivity index (χ0) is 14.7. The number of ether oxygens (including phenoxy) is 1. The predicted octanol–water partition coefficient (Wildman–Crippen LogP) is 2.81. The number of carbonyl (C=O) groups is 1. The van der Waals surface area contributed by atoms with Gasteiger partial charge in [-0.25, -0.2) is 8.78 Å². The number of benzene rings is 2. The lowest BCUT2D eigenvalue weighted by Gasteiger charge is -2.08. The quantitative estimate of drug-likeness (QED) is 0.848. The van der Waals surface area contributed by atoms with Crippen LogP contribution in [0.5, 0.6) is 5.75 Å². The first kappa shape index (κ1) is 13.8. The molecule has 2 aromatic rings. The molecule has 0 aliphatic carbocycles. The van der Waals surface area contributed by atoms with Crippen LogP contribution in [0.15, 0.2) is 36.4 Å². The topological polar surface area (TPSA) is 64.3 Å². The van der Waals surface area contributed by atoms with Crippen molar-refractivity contribution in [3.05, 3.63) is 53.6 Å². The predicted molar refractivity (Wildman–Crippen MR) is 71.7 cm³/mol. The standard InChI is InChI=1S/C14H12F2N2O2/c1-20-13-3-2-11(7-12(13)16)18-14(19)8-4-9(15)6-10(17)5-8/h2-7H,17H2,1H3,(H,18,19). The Morgan fingerprint density at radius 2 is 1.95 bits per heavy atom. The van der Waals surface area contributed by atoms with E-state index in [-0.39, 0.29) is 22.7 Å². The Bertz CT molecular complexity index is 639. The maximum Gasteiger partial charge on any atom is 0.255 e. The second-order valence-electron chi connectivity index (χ2n) is 4.08. The number of rotatable bonds is 3. The molecule has 0 saturated carbocycles. The average molecular weight is 278 g/mol. The fraction of sp³-hybridized carbons (Fsp3) is 0.0714. The van der Waals surface area contributed by atoms with Crippen LogP contribution in [0.1, 0.15) is 10.4 Å². The third-order valence-electron chi connectivity index (χ3n) is 2.59. The average Bonchev–Trinajstić information content (AvgIpc) is 2.37. The molecule has 0 aliphatic rings. The second-order valence-corrected chi connectivity index (χ2v) is 4.08. The molecule has 0 heterocycles. The maximum absolute atomic E-state index is 13.5. The summed E-state index contributed by atoms with van der Waals surface area (Å²) in [6, 6.07) is 7.44. The van der Waals surface area contributed by atoms with Crippen molar-refractivity contribution in [1.29, 1.82) is 0 Å². The summed E-state index contributed by atoms with van der Waals surface area (Å²) in [7, 11) is 1.34. The van der Waals surface area contributed by atoms with Crippen LogP contribution in [-0.2, 0) is 0 Å². The zero-order valence-corrected chi connectivity index (χ0v) is 10.6. The highest BCUT2D eigenvalue weighted by Gasteiger charge is 2.10. The summed E-state index contributed by atoms with van der Waals surface area (Å²) in [6.07, 6.45) is 0. The number of methoxy groups -OCH3 is 1. The fourth-order valence-corrected chi connectivity index (χ4v) is 1.69. The van der Waals surface area contributed by atoms with Crippen molar-refractivity contribution in [3.8, 4) is 5.75 Å². The summed E-state index contributed by atoms with van der Waals surface area (Å²) in [5, 5.41) is 2.45. The van der Waals surface area contributed by atoms with E-state index in [2.05, 4.69) is 5.32 Å². The van der Waals surface area contributed by atoms with Crippen molar-refractivity contribution in [2.45, 2.75) is 0 Å². The van der Waals surface area contributed by atoms with E-state index >= 15 is 0 Å². The monoisotopic (exact) mass is 278 g/mol. The molecule has 2 aromatic carbocycles. The molecule has 0 radical (unpaired) electrons. The minimum atomic E-state index is -0.615. The normalized spacial score (nSPS) is 10.2. The summed E-state index contributed by atoms with van der Waals surface area (Å²) in [6.45, 7) is 0. The first-order valence-corrected chi connectivity index (χ1v) is 5.70. The van der Waals surface area contributed by atoms with E-state index in [0.29, 0.717) is 0 Å². The Kier molecular flexibility index (Phi) is 3.84. The minimum absolute atomic E-state index is 0.0544. The molecule has 104 valence electrons. The van der Waals surface area contributed by atoms with Crippen molar-refractivity contribution < 1.29 is 18.3 Å². The Labute approximate surface area is 114 Å². The molecule has 0 unspecified atom stereocenters. The summed E-state index contributed by atoms with van der Waals surface area (Å²) in [5.74, 6) is -1.74. The van der Waals surface area contributed by atoms with E-state index in [1.165, 1.54) is 25.3 Å². The van der Waals surface area contributed by atoms with Gasteiger partial charge in [0.05, 0.1) is 7.11 Å². The molecule has 0 atom stereocenters. The van der Waals surface area contributed by atoms with E-state index in [9.17, 15) is 13.6 Å². The second kappa shape index (κ2) is 5.56. The first-order chi connectivity index (χ1) is 9.49.